The molecule has 6 N–H and O–H groups in total. The van der Waals surface area contributed by atoms with Crippen molar-refractivity contribution in [1.82, 2.24) is 0 Å². The predicted octanol–water partition coefficient (Wildman–Crippen LogP) is -3.07. The van der Waals surface area contributed by atoms with Crippen molar-refractivity contribution >= 4 is 11.9 Å². The van der Waals surface area contributed by atoms with Gasteiger partial charge in [-0.05, 0) is 0 Å². The summed E-state index contributed by atoms with van der Waals surface area (Å²) in [4.78, 5) is 18.2. The van der Waals surface area contributed by atoms with E-state index in [1.807, 2.05) is 0 Å². The standard InChI is InChI=1S/C2H2O4.4H2O.Pt/c3-1(4)2(5)6;;;;;/h(H,3,4)(H,5,6);4*1H2;/q;;;;;+4/p-4. The molecule has 0 aliphatic rings. The van der Waals surface area contributed by atoms with E-state index in [1.54, 1.807) is 0 Å². The summed E-state index contributed by atoms with van der Waals surface area (Å²) in [6.45, 7) is 0. The van der Waals surface area contributed by atoms with E-state index < -0.39 is 29.5 Å². The Morgan fingerprint density at radius 1 is 0.818 bits per heavy atom. The van der Waals surface area contributed by atoms with E-state index in [1.165, 1.54) is 0 Å². The van der Waals surface area contributed by atoms with Crippen molar-refractivity contribution in [2.24, 2.45) is 0 Å². The van der Waals surface area contributed by atoms with Crippen molar-refractivity contribution in [3.8, 4) is 0 Å². The van der Waals surface area contributed by atoms with Gasteiger partial charge in [0, 0.05) is 0 Å². The molecule has 0 saturated heterocycles. The summed E-state index contributed by atoms with van der Waals surface area (Å²) in [6, 6.07) is 0. The van der Waals surface area contributed by atoms with E-state index in [0.717, 1.165) is 0 Å². The van der Waals surface area contributed by atoms with Crippen molar-refractivity contribution in [2.45, 2.75) is 0 Å². The van der Waals surface area contributed by atoms with E-state index in [0.29, 0.717) is 0 Å². The van der Waals surface area contributed by atoms with Crippen LogP contribution in [0, 0.1) is 0 Å². The fraction of sp³-hybridized carbons (Fsp3) is 0. The van der Waals surface area contributed by atoms with Crippen LogP contribution < -0.4 is 0 Å². The number of carboxylic acid groups (broad SMARTS) is 2. The van der Waals surface area contributed by atoms with Crippen LogP contribution in [0.4, 0.5) is 0 Å². The molecular weight excluding hydrogens is 347 g/mol. The van der Waals surface area contributed by atoms with E-state index >= 15 is 0 Å². The zero-order chi connectivity index (χ0) is 9.65. The Kier molecular flexibility index (Phi) is 6.14. The minimum atomic E-state index is -4.94. The molecular formula is C2H6O8Pt. The zero-order valence-corrected chi connectivity index (χ0v) is 7.09. The molecule has 72 valence electrons. The van der Waals surface area contributed by atoms with Gasteiger partial charge in [0.25, 0.3) is 0 Å². The summed E-state index contributed by atoms with van der Waals surface area (Å²) in [6.07, 6.45) is 0. The average Bonchev–Trinajstić information content (AvgIpc) is 1.59. The normalized spacial score (nSPS) is 10.9. The van der Waals surface area contributed by atoms with Crippen molar-refractivity contribution in [3.05, 3.63) is 0 Å². The van der Waals surface area contributed by atoms with Gasteiger partial charge in [-0.1, -0.05) is 0 Å². The Bertz CT molecular complexity index is 127. The zero-order valence-electron chi connectivity index (χ0n) is 4.82. The molecule has 0 amide bonds. The number of hydrogen-bond acceptors (Lipinski definition) is 6. The van der Waals surface area contributed by atoms with Crippen molar-refractivity contribution in [3.63, 3.8) is 0 Å². The molecule has 0 aliphatic carbocycles. The molecule has 0 aliphatic heterocycles. The first-order valence-electron chi connectivity index (χ1n) is 1.67. The van der Waals surface area contributed by atoms with Crippen LogP contribution in [-0.2, 0) is 27.2 Å². The Balaban J connectivity index is 0. The second-order valence-corrected chi connectivity index (χ2v) is 3.72. The number of carbonyl (C=O) groups is 2. The molecule has 0 atom stereocenters. The summed E-state index contributed by atoms with van der Waals surface area (Å²) in [7, 11) is 0. The Morgan fingerprint density at radius 2 is 0.909 bits per heavy atom. The molecule has 11 heavy (non-hydrogen) atoms. The number of carboxylic acids is 2. The van der Waals surface area contributed by atoms with Gasteiger partial charge in [-0.2, -0.15) is 0 Å². The molecule has 0 aromatic heterocycles. The SMILES string of the molecule is O=C(O)C(=O)O.[OH][Pt]([OH])([OH])[OH]. The molecule has 0 bridgehead atoms. The molecule has 0 aromatic carbocycles. The van der Waals surface area contributed by atoms with Gasteiger partial charge in [0.05, 0.1) is 0 Å². The maximum atomic E-state index is 9.10. The topological polar surface area (TPSA) is 156 Å². The van der Waals surface area contributed by atoms with Gasteiger partial charge in [0.2, 0.25) is 0 Å². The first kappa shape index (κ1) is 13.1. The number of rotatable bonds is 0. The van der Waals surface area contributed by atoms with Crippen LogP contribution in [0.5, 0.6) is 0 Å². The second kappa shape index (κ2) is 5.16. The fourth-order valence-electron chi connectivity index (χ4n) is 0. The van der Waals surface area contributed by atoms with E-state index in [-0.39, 0.29) is 0 Å². The molecule has 0 heterocycles. The minimum absolute atomic E-state index is 1.82. The number of hydrogen-bond donors (Lipinski definition) is 6. The second-order valence-electron chi connectivity index (χ2n) is 0.990. The van der Waals surface area contributed by atoms with Crippen LogP contribution in [0.3, 0.4) is 0 Å². The van der Waals surface area contributed by atoms with Gasteiger partial charge in [0.1, 0.15) is 0 Å². The Labute approximate surface area is 65.0 Å². The van der Waals surface area contributed by atoms with E-state index in [2.05, 4.69) is 0 Å². The van der Waals surface area contributed by atoms with Crippen LogP contribution in [0.25, 0.3) is 0 Å². The van der Waals surface area contributed by atoms with Gasteiger partial charge >= 0.3 is 44.6 Å². The average molecular weight is 353 g/mol. The third-order valence-corrected chi connectivity index (χ3v) is 0.183. The molecule has 0 fully saturated rings. The van der Waals surface area contributed by atoms with Crippen molar-refractivity contribution in [1.29, 1.82) is 0 Å². The first-order chi connectivity index (χ1) is 4.64. The summed E-state index contributed by atoms with van der Waals surface area (Å²) in [5, 5.41) is 14.8. The third-order valence-electron chi connectivity index (χ3n) is 0.183. The van der Waals surface area contributed by atoms with Crippen molar-refractivity contribution < 1.29 is 52.4 Å². The van der Waals surface area contributed by atoms with Crippen molar-refractivity contribution in [2.75, 3.05) is 0 Å². The third kappa shape index (κ3) is 43.9. The van der Waals surface area contributed by atoms with Gasteiger partial charge in [-0.25, -0.2) is 9.59 Å². The van der Waals surface area contributed by atoms with Crippen LogP contribution in [0.1, 0.15) is 0 Å². The molecule has 0 aromatic rings. The molecule has 0 spiro atoms. The predicted molar refractivity (Wildman–Crippen MR) is 24.1 cm³/mol. The Morgan fingerprint density at radius 3 is 0.909 bits per heavy atom. The monoisotopic (exact) mass is 353 g/mol. The Hall–Kier alpha value is -0.532. The van der Waals surface area contributed by atoms with E-state index in [9.17, 15) is 0 Å². The first-order valence-corrected chi connectivity index (χ1v) is 5.74. The van der Waals surface area contributed by atoms with Crippen LogP contribution in [-0.4, -0.2) is 37.2 Å². The number of aliphatic carboxylic acids is 2. The van der Waals surface area contributed by atoms with Crippen LogP contribution in [0.2, 0.25) is 0 Å². The van der Waals surface area contributed by atoms with Crippen LogP contribution in [0.15, 0.2) is 0 Å². The maximum absolute atomic E-state index is 9.10. The summed E-state index contributed by atoms with van der Waals surface area (Å²) < 4.78 is 29.5. The van der Waals surface area contributed by atoms with Gasteiger partial charge in [-0.3, -0.25) is 0 Å². The summed E-state index contributed by atoms with van der Waals surface area (Å²) in [5.41, 5.74) is 0. The van der Waals surface area contributed by atoms with Crippen LogP contribution >= 0.6 is 0 Å². The summed E-state index contributed by atoms with van der Waals surface area (Å²) in [5.74, 6) is -3.65. The molecule has 0 unspecified atom stereocenters. The quantitative estimate of drug-likeness (QED) is 0.251. The fourth-order valence-corrected chi connectivity index (χ4v) is 0. The van der Waals surface area contributed by atoms with E-state index in [4.69, 9.17) is 34.8 Å². The molecule has 9 heteroatoms. The van der Waals surface area contributed by atoms with Gasteiger partial charge in [0.15, 0.2) is 0 Å². The molecule has 0 saturated carbocycles. The molecule has 8 nitrogen and oxygen atoms in total. The van der Waals surface area contributed by atoms with Gasteiger partial charge < -0.3 is 10.2 Å². The molecule has 0 radical (unpaired) electrons. The summed E-state index contributed by atoms with van der Waals surface area (Å²) >= 11 is -4.94. The van der Waals surface area contributed by atoms with Gasteiger partial charge in [-0.15, -0.1) is 0 Å². The molecule has 0 rings (SSSR count).